The van der Waals surface area contributed by atoms with Gasteiger partial charge in [0.15, 0.2) is 0 Å². The second-order valence-electron chi connectivity index (χ2n) is 6.72. The fourth-order valence-electron chi connectivity index (χ4n) is 3.98. The number of hydrogen-bond acceptors (Lipinski definition) is 1. The van der Waals surface area contributed by atoms with Crippen LogP contribution in [0.4, 0.5) is 0 Å². The first-order chi connectivity index (χ1) is 10.2. The molecule has 1 saturated carbocycles. The number of aryl methyl sites for hydroxylation is 3. The average Bonchev–Trinajstić information content (AvgIpc) is 3.04. The lowest BCUT2D eigenvalue weighted by Gasteiger charge is -2.22. The monoisotopic (exact) mass is 287 g/mol. The summed E-state index contributed by atoms with van der Waals surface area (Å²) in [4.78, 5) is 0. The van der Waals surface area contributed by atoms with Crippen LogP contribution in [0.2, 0.25) is 0 Å². The van der Waals surface area contributed by atoms with Crippen molar-refractivity contribution in [3.8, 4) is 0 Å². The third-order valence-electron chi connectivity index (χ3n) is 5.31. The van der Waals surface area contributed by atoms with E-state index in [1.54, 1.807) is 0 Å². The van der Waals surface area contributed by atoms with Crippen molar-refractivity contribution in [1.29, 1.82) is 0 Å². The van der Waals surface area contributed by atoms with Crippen LogP contribution in [0.25, 0.3) is 0 Å². The molecule has 0 radical (unpaired) electrons. The van der Waals surface area contributed by atoms with Gasteiger partial charge in [-0.25, -0.2) is 0 Å². The SMILES string of the molecule is CCc1cc(CC)c(C(N)CCC2CCCC2)c(CC)c1. The van der Waals surface area contributed by atoms with Gasteiger partial charge in [0.05, 0.1) is 0 Å². The van der Waals surface area contributed by atoms with Gasteiger partial charge in [-0.15, -0.1) is 0 Å². The Bertz CT molecular complexity index is 418. The Morgan fingerprint density at radius 1 is 1.00 bits per heavy atom. The normalized spacial score (nSPS) is 17.3. The molecular formula is C20H33N. The number of rotatable bonds is 7. The Morgan fingerprint density at radius 3 is 2.05 bits per heavy atom. The van der Waals surface area contributed by atoms with E-state index in [2.05, 4.69) is 32.9 Å². The summed E-state index contributed by atoms with van der Waals surface area (Å²) in [5, 5.41) is 0. The zero-order valence-electron chi connectivity index (χ0n) is 14.3. The van der Waals surface area contributed by atoms with Gasteiger partial charge in [0.25, 0.3) is 0 Å². The molecular weight excluding hydrogens is 254 g/mol. The van der Waals surface area contributed by atoms with E-state index in [0.717, 1.165) is 31.6 Å². The summed E-state index contributed by atoms with van der Waals surface area (Å²) in [7, 11) is 0. The van der Waals surface area contributed by atoms with E-state index in [0.29, 0.717) is 0 Å². The summed E-state index contributed by atoms with van der Waals surface area (Å²) in [6.07, 6.45) is 11.6. The van der Waals surface area contributed by atoms with Crippen LogP contribution >= 0.6 is 0 Å². The molecule has 2 rings (SSSR count). The predicted molar refractivity (Wildman–Crippen MR) is 92.7 cm³/mol. The van der Waals surface area contributed by atoms with Crippen LogP contribution in [-0.4, -0.2) is 0 Å². The third-order valence-corrected chi connectivity index (χ3v) is 5.31. The van der Waals surface area contributed by atoms with Crippen LogP contribution < -0.4 is 5.73 Å². The van der Waals surface area contributed by atoms with Gasteiger partial charge in [0, 0.05) is 6.04 Å². The van der Waals surface area contributed by atoms with Crippen molar-refractivity contribution in [3.63, 3.8) is 0 Å². The number of nitrogens with two attached hydrogens (primary N) is 1. The topological polar surface area (TPSA) is 26.0 Å². The first kappa shape index (κ1) is 16.5. The second kappa shape index (κ2) is 7.98. The van der Waals surface area contributed by atoms with Gasteiger partial charge in [-0.1, -0.05) is 58.6 Å². The highest BCUT2D eigenvalue weighted by Gasteiger charge is 2.19. The molecule has 0 spiro atoms. The molecule has 2 N–H and O–H groups in total. The fourth-order valence-corrected chi connectivity index (χ4v) is 3.98. The van der Waals surface area contributed by atoms with Crippen molar-refractivity contribution in [1.82, 2.24) is 0 Å². The maximum atomic E-state index is 6.62. The fraction of sp³-hybridized carbons (Fsp3) is 0.700. The van der Waals surface area contributed by atoms with E-state index >= 15 is 0 Å². The molecule has 21 heavy (non-hydrogen) atoms. The van der Waals surface area contributed by atoms with Crippen molar-refractivity contribution in [2.75, 3.05) is 0 Å². The molecule has 0 amide bonds. The van der Waals surface area contributed by atoms with Gasteiger partial charge in [-0.2, -0.15) is 0 Å². The standard InChI is InChI=1S/C20H33N/c1-4-15-13-17(5-2)20(18(6-3)14-15)19(21)12-11-16-9-7-8-10-16/h13-14,16,19H,4-12,21H2,1-3H3. The first-order valence-electron chi connectivity index (χ1n) is 9.09. The second-order valence-corrected chi connectivity index (χ2v) is 6.72. The van der Waals surface area contributed by atoms with Crippen LogP contribution in [0, 0.1) is 5.92 Å². The van der Waals surface area contributed by atoms with Gasteiger partial charge in [0.2, 0.25) is 0 Å². The van der Waals surface area contributed by atoms with Crippen molar-refractivity contribution >= 4 is 0 Å². The lowest BCUT2D eigenvalue weighted by atomic mass is 9.86. The highest BCUT2D eigenvalue weighted by molar-refractivity contribution is 5.41. The van der Waals surface area contributed by atoms with E-state index in [4.69, 9.17) is 5.73 Å². The molecule has 0 saturated heterocycles. The predicted octanol–water partition coefficient (Wildman–Crippen LogP) is 5.34. The van der Waals surface area contributed by atoms with Crippen LogP contribution in [0.5, 0.6) is 0 Å². The third kappa shape index (κ3) is 4.10. The molecule has 1 aromatic carbocycles. The quantitative estimate of drug-likeness (QED) is 0.719. The molecule has 118 valence electrons. The van der Waals surface area contributed by atoms with Crippen LogP contribution in [0.3, 0.4) is 0 Å². The van der Waals surface area contributed by atoms with Gasteiger partial charge in [-0.05, 0) is 60.3 Å². The lowest BCUT2D eigenvalue weighted by Crippen LogP contribution is -2.16. The largest absolute Gasteiger partial charge is 0.324 e. The minimum atomic E-state index is 0.237. The van der Waals surface area contributed by atoms with Crippen LogP contribution in [-0.2, 0) is 19.3 Å². The van der Waals surface area contributed by atoms with Gasteiger partial charge in [0.1, 0.15) is 0 Å². The van der Waals surface area contributed by atoms with Gasteiger partial charge >= 0.3 is 0 Å². The van der Waals surface area contributed by atoms with Crippen molar-refractivity contribution in [3.05, 3.63) is 34.4 Å². The summed E-state index contributed by atoms with van der Waals surface area (Å²) in [6, 6.07) is 5.02. The van der Waals surface area contributed by atoms with Gasteiger partial charge < -0.3 is 5.73 Å². The maximum absolute atomic E-state index is 6.62. The summed E-state index contributed by atoms with van der Waals surface area (Å²) in [5.41, 5.74) is 12.5. The van der Waals surface area contributed by atoms with E-state index in [-0.39, 0.29) is 6.04 Å². The molecule has 1 atom stereocenters. The molecule has 0 heterocycles. The molecule has 1 nitrogen and oxygen atoms in total. The number of benzene rings is 1. The van der Waals surface area contributed by atoms with Crippen molar-refractivity contribution in [2.45, 2.75) is 84.6 Å². The molecule has 1 aliphatic carbocycles. The Balaban J connectivity index is 2.15. The number of hydrogen-bond donors (Lipinski definition) is 1. The Kier molecular flexibility index (Phi) is 6.29. The highest BCUT2D eigenvalue weighted by Crippen LogP contribution is 2.33. The molecule has 1 unspecified atom stereocenters. The zero-order chi connectivity index (χ0) is 15.2. The minimum absolute atomic E-state index is 0.237. The van der Waals surface area contributed by atoms with E-state index in [1.807, 2.05) is 0 Å². The molecule has 0 bridgehead atoms. The average molecular weight is 287 g/mol. The summed E-state index contributed by atoms with van der Waals surface area (Å²) in [6.45, 7) is 6.77. The minimum Gasteiger partial charge on any atom is -0.324 e. The Morgan fingerprint density at radius 2 is 1.57 bits per heavy atom. The highest BCUT2D eigenvalue weighted by atomic mass is 14.6. The van der Waals surface area contributed by atoms with Gasteiger partial charge in [-0.3, -0.25) is 0 Å². The molecule has 1 aliphatic rings. The Labute approximate surface area is 131 Å². The summed E-state index contributed by atoms with van der Waals surface area (Å²) < 4.78 is 0. The summed E-state index contributed by atoms with van der Waals surface area (Å²) >= 11 is 0. The molecule has 1 heteroatoms. The lowest BCUT2D eigenvalue weighted by molar-refractivity contribution is 0.452. The molecule has 1 aromatic rings. The van der Waals surface area contributed by atoms with Crippen molar-refractivity contribution < 1.29 is 0 Å². The van der Waals surface area contributed by atoms with E-state index in [9.17, 15) is 0 Å². The van der Waals surface area contributed by atoms with Crippen LogP contribution in [0.15, 0.2) is 12.1 Å². The summed E-state index contributed by atoms with van der Waals surface area (Å²) in [5.74, 6) is 0.945. The molecule has 1 fully saturated rings. The zero-order valence-corrected chi connectivity index (χ0v) is 14.3. The Hall–Kier alpha value is -0.820. The molecule has 0 aliphatic heterocycles. The smallest absolute Gasteiger partial charge is 0.0300 e. The first-order valence-corrected chi connectivity index (χ1v) is 9.09. The van der Waals surface area contributed by atoms with Crippen molar-refractivity contribution in [2.24, 2.45) is 11.7 Å². The molecule has 0 aromatic heterocycles. The van der Waals surface area contributed by atoms with Crippen LogP contribution in [0.1, 0.15) is 87.6 Å². The van der Waals surface area contributed by atoms with E-state index in [1.165, 1.54) is 54.4 Å². The maximum Gasteiger partial charge on any atom is 0.0300 e. The van der Waals surface area contributed by atoms with E-state index < -0.39 is 0 Å².